The third kappa shape index (κ3) is 2.48. The highest BCUT2D eigenvalue weighted by Crippen LogP contribution is 2.30. The first kappa shape index (κ1) is 12.1. The number of nitrogens with one attached hydrogen (secondary N) is 1. The molecule has 1 aromatic carbocycles. The number of aromatic nitrogens is 1. The molecule has 1 N–H and O–H groups in total. The summed E-state index contributed by atoms with van der Waals surface area (Å²) in [5.41, 5.74) is 5.22. The molecule has 1 unspecified atom stereocenters. The Balaban J connectivity index is 2.46. The van der Waals surface area contributed by atoms with Crippen LogP contribution in [-0.4, -0.2) is 19.1 Å². The molecule has 1 atom stereocenters. The fraction of sp³-hybridized carbons (Fsp3) is 0.308. The van der Waals surface area contributed by atoms with Crippen LogP contribution >= 0.6 is 11.3 Å². The summed E-state index contributed by atoms with van der Waals surface area (Å²) >= 11 is 1.60. The smallest absolute Gasteiger partial charge is 0.124 e. The van der Waals surface area contributed by atoms with Gasteiger partial charge in [0.15, 0.2) is 0 Å². The second-order valence-electron chi connectivity index (χ2n) is 3.88. The van der Waals surface area contributed by atoms with Crippen molar-refractivity contribution in [3.63, 3.8) is 0 Å². The number of rotatable bonds is 4. The van der Waals surface area contributed by atoms with E-state index in [9.17, 15) is 0 Å². The summed E-state index contributed by atoms with van der Waals surface area (Å²) in [5, 5.41) is 5.35. The summed E-state index contributed by atoms with van der Waals surface area (Å²) in [6, 6.07) is 6.27. The minimum Gasteiger partial charge on any atom is -0.496 e. The molecule has 2 aromatic rings. The van der Waals surface area contributed by atoms with E-state index in [0.29, 0.717) is 0 Å². The van der Waals surface area contributed by atoms with E-state index in [2.05, 4.69) is 34.7 Å². The minimum absolute atomic E-state index is 0.0797. The van der Waals surface area contributed by atoms with E-state index in [0.717, 1.165) is 17.0 Å². The molecule has 0 aliphatic rings. The van der Waals surface area contributed by atoms with E-state index < -0.39 is 0 Å². The van der Waals surface area contributed by atoms with Gasteiger partial charge in [0.2, 0.25) is 0 Å². The molecule has 1 aromatic heterocycles. The average Bonchev–Trinajstić information content (AvgIpc) is 2.84. The van der Waals surface area contributed by atoms with Crippen molar-refractivity contribution in [1.29, 1.82) is 0 Å². The first-order valence-electron chi connectivity index (χ1n) is 5.46. The summed E-state index contributed by atoms with van der Waals surface area (Å²) in [4.78, 5) is 4.37. The quantitative estimate of drug-likeness (QED) is 0.903. The molecule has 0 fully saturated rings. The molecule has 4 heteroatoms. The zero-order valence-corrected chi connectivity index (χ0v) is 11.0. The molecule has 17 heavy (non-hydrogen) atoms. The van der Waals surface area contributed by atoms with Gasteiger partial charge < -0.3 is 10.1 Å². The summed E-state index contributed by atoms with van der Waals surface area (Å²) in [6.07, 6.45) is 0. The maximum Gasteiger partial charge on any atom is 0.124 e. The van der Waals surface area contributed by atoms with Gasteiger partial charge in [0, 0.05) is 10.9 Å². The van der Waals surface area contributed by atoms with E-state index in [4.69, 9.17) is 4.74 Å². The lowest BCUT2D eigenvalue weighted by molar-refractivity contribution is 0.405. The van der Waals surface area contributed by atoms with Crippen LogP contribution in [0.1, 0.15) is 22.9 Å². The SMILES string of the molecule is CNC(c1cscn1)c1cc(C)ccc1OC. The van der Waals surface area contributed by atoms with Crippen LogP contribution in [0.5, 0.6) is 5.75 Å². The molecule has 0 bridgehead atoms. The molecule has 0 spiro atoms. The Bertz CT molecular complexity index is 482. The average molecular weight is 248 g/mol. The largest absolute Gasteiger partial charge is 0.496 e. The predicted molar refractivity (Wildman–Crippen MR) is 70.7 cm³/mol. The zero-order chi connectivity index (χ0) is 12.3. The zero-order valence-electron chi connectivity index (χ0n) is 10.2. The van der Waals surface area contributed by atoms with E-state index >= 15 is 0 Å². The minimum atomic E-state index is 0.0797. The van der Waals surface area contributed by atoms with Crippen molar-refractivity contribution in [2.75, 3.05) is 14.2 Å². The monoisotopic (exact) mass is 248 g/mol. The lowest BCUT2D eigenvalue weighted by Crippen LogP contribution is -2.18. The molecule has 0 saturated carbocycles. The fourth-order valence-electron chi connectivity index (χ4n) is 1.91. The van der Waals surface area contributed by atoms with Crippen molar-refractivity contribution >= 4 is 11.3 Å². The van der Waals surface area contributed by atoms with Gasteiger partial charge in [-0.25, -0.2) is 4.98 Å². The molecule has 90 valence electrons. The van der Waals surface area contributed by atoms with Crippen molar-refractivity contribution in [2.24, 2.45) is 0 Å². The highest BCUT2D eigenvalue weighted by molar-refractivity contribution is 7.07. The first-order valence-corrected chi connectivity index (χ1v) is 6.40. The first-order chi connectivity index (χ1) is 8.26. The number of thiazole rings is 1. The van der Waals surface area contributed by atoms with E-state index in [1.54, 1.807) is 18.4 Å². The number of hydrogen-bond acceptors (Lipinski definition) is 4. The molecule has 3 nitrogen and oxygen atoms in total. The van der Waals surface area contributed by atoms with Crippen molar-refractivity contribution < 1.29 is 4.74 Å². The third-order valence-corrected chi connectivity index (χ3v) is 3.34. The highest BCUT2D eigenvalue weighted by atomic mass is 32.1. The van der Waals surface area contributed by atoms with Crippen LogP contribution in [0, 0.1) is 6.92 Å². The summed E-state index contributed by atoms with van der Waals surface area (Å²) in [5.74, 6) is 0.892. The van der Waals surface area contributed by atoms with Gasteiger partial charge in [-0.2, -0.15) is 0 Å². The Morgan fingerprint density at radius 1 is 1.41 bits per heavy atom. The van der Waals surface area contributed by atoms with Crippen LogP contribution in [0.4, 0.5) is 0 Å². The number of methoxy groups -OCH3 is 1. The van der Waals surface area contributed by atoms with Crippen LogP contribution < -0.4 is 10.1 Å². The summed E-state index contributed by atoms with van der Waals surface area (Å²) < 4.78 is 5.42. The lowest BCUT2D eigenvalue weighted by Gasteiger charge is -2.18. The Morgan fingerprint density at radius 3 is 2.82 bits per heavy atom. The molecule has 1 heterocycles. The van der Waals surface area contributed by atoms with Crippen LogP contribution in [0.15, 0.2) is 29.1 Å². The van der Waals surface area contributed by atoms with Gasteiger partial charge in [-0.15, -0.1) is 11.3 Å². The van der Waals surface area contributed by atoms with Gasteiger partial charge in [0.25, 0.3) is 0 Å². The van der Waals surface area contributed by atoms with Gasteiger partial charge in [0.05, 0.1) is 24.4 Å². The maximum absolute atomic E-state index is 5.42. The number of aryl methyl sites for hydroxylation is 1. The third-order valence-electron chi connectivity index (χ3n) is 2.73. The molecule has 2 rings (SSSR count). The summed E-state index contributed by atoms with van der Waals surface area (Å²) in [6.45, 7) is 2.08. The van der Waals surface area contributed by atoms with E-state index in [-0.39, 0.29) is 6.04 Å². The van der Waals surface area contributed by atoms with Gasteiger partial charge in [-0.05, 0) is 20.0 Å². The molecule has 0 radical (unpaired) electrons. The Morgan fingerprint density at radius 2 is 2.24 bits per heavy atom. The normalized spacial score (nSPS) is 12.4. The number of nitrogens with zero attached hydrogens (tertiary/aromatic N) is 1. The fourth-order valence-corrected chi connectivity index (χ4v) is 2.49. The second kappa shape index (κ2) is 5.29. The van der Waals surface area contributed by atoms with E-state index in [1.165, 1.54) is 5.56 Å². The number of benzene rings is 1. The van der Waals surface area contributed by atoms with Crippen LogP contribution in [0.3, 0.4) is 0 Å². The van der Waals surface area contributed by atoms with Crippen molar-refractivity contribution in [1.82, 2.24) is 10.3 Å². The molecule has 0 saturated heterocycles. The van der Waals surface area contributed by atoms with Crippen LogP contribution in [0.2, 0.25) is 0 Å². The number of ether oxygens (including phenoxy) is 1. The Labute approximate surface area is 105 Å². The Kier molecular flexibility index (Phi) is 3.76. The maximum atomic E-state index is 5.42. The predicted octanol–water partition coefficient (Wildman–Crippen LogP) is 2.77. The van der Waals surface area contributed by atoms with Crippen molar-refractivity contribution in [3.8, 4) is 5.75 Å². The highest BCUT2D eigenvalue weighted by Gasteiger charge is 2.18. The van der Waals surface area contributed by atoms with E-state index in [1.807, 2.05) is 18.6 Å². The van der Waals surface area contributed by atoms with Crippen molar-refractivity contribution in [2.45, 2.75) is 13.0 Å². The van der Waals surface area contributed by atoms with Crippen LogP contribution in [-0.2, 0) is 0 Å². The molecule has 0 aliphatic heterocycles. The van der Waals surface area contributed by atoms with Gasteiger partial charge in [-0.1, -0.05) is 17.7 Å². The molecule has 0 amide bonds. The van der Waals surface area contributed by atoms with Gasteiger partial charge in [-0.3, -0.25) is 0 Å². The number of hydrogen-bond donors (Lipinski definition) is 1. The summed E-state index contributed by atoms with van der Waals surface area (Å²) in [7, 11) is 3.63. The van der Waals surface area contributed by atoms with Crippen molar-refractivity contribution in [3.05, 3.63) is 45.9 Å². The molecule has 0 aliphatic carbocycles. The topological polar surface area (TPSA) is 34.2 Å². The lowest BCUT2D eigenvalue weighted by atomic mass is 10.0. The molecular weight excluding hydrogens is 232 g/mol. The Hall–Kier alpha value is -1.39. The van der Waals surface area contributed by atoms with Gasteiger partial charge in [0.1, 0.15) is 5.75 Å². The second-order valence-corrected chi connectivity index (χ2v) is 4.60. The standard InChI is InChI=1S/C13H16N2OS/c1-9-4-5-12(16-3)10(6-9)13(14-2)11-7-17-8-15-11/h4-8,13-14H,1-3H3. The van der Waals surface area contributed by atoms with Gasteiger partial charge >= 0.3 is 0 Å². The molecular formula is C13H16N2OS. The van der Waals surface area contributed by atoms with Crippen LogP contribution in [0.25, 0.3) is 0 Å².